The molecule has 0 atom stereocenters. The monoisotopic (exact) mass is 475 g/mol. The zero-order valence-electron chi connectivity index (χ0n) is 19.9. The fourth-order valence-corrected chi connectivity index (χ4v) is 4.11. The van der Waals surface area contributed by atoms with Gasteiger partial charge >= 0.3 is 6.09 Å². The van der Waals surface area contributed by atoms with Gasteiger partial charge in [0.05, 0.1) is 11.4 Å². The van der Waals surface area contributed by atoms with Crippen LogP contribution in [0.4, 0.5) is 10.5 Å². The Labute approximate surface area is 196 Å². The van der Waals surface area contributed by atoms with Crippen LogP contribution < -0.4 is 10.1 Å². The van der Waals surface area contributed by atoms with Gasteiger partial charge < -0.3 is 19.7 Å². The van der Waals surface area contributed by atoms with E-state index in [1.54, 1.807) is 17.9 Å². The third-order valence-electron chi connectivity index (χ3n) is 5.24. The molecule has 0 bridgehead atoms. The second-order valence-corrected chi connectivity index (χ2v) is 11.3. The molecule has 0 spiro atoms. The van der Waals surface area contributed by atoms with Crippen LogP contribution in [0.3, 0.4) is 0 Å². The van der Waals surface area contributed by atoms with Crippen LogP contribution in [-0.2, 0) is 21.1 Å². The number of rotatable bonds is 6. The zero-order valence-corrected chi connectivity index (χ0v) is 20.7. The Kier molecular flexibility index (Phi) is 7.51. The highest BCUT2D eigenvalue weighted by Gasteiger charge is 2.27. The Hall–Kier alpha value is -2.81. The first kappa shape index (κ1) is 24.8. The highest BCUT2D eigenvalue weighted by molar-refractivity contribution is 7.90. The average molecular weight is 476 g/mol. The number of aryl methyl sites for hydroxylation is 1. The third-order valence-corrected chi connectivity index (χ3v) is 6.23. The van der Waals surface area contributed by atoms with E-state index in [0.717, 1.165) is 36.1 Å². The maximum Gasteiger partial charge on any atom is 0.410 e. The molecule has 9 heteroatoms. The predicted octanol–water partition coefficient (Wildman–Crippen LogP) is 4.18. The number of hydrogen-bond donors (Lipinski definition) is 1. The van der Waals surface area contributed by atoms with E-state index in [9.17, 15) is 13.2 Å². The van der Waals surface area contributed by atoms with Gasteiger partial charge in [-0.2, -0.15) is 0 Å². The topological polar surface area (TPSA) is 97.8 Å². The van der Waals surface area contributed by atoms with Crippen LogP contribution in [0.15, 0.2) is 41.4 Å². The van der Waals surface area contributed by atoms with Gasteiger partial charge in [0, 0.05) is 38.7 Å². The molecule has 0 aliphatic carbocycles. The molecule has 1 aromatic heterocycles. The van der Waals surface area contributed by atoms with E-state index in [0.29, 0.717) is 25.3 Å². The molecule has 1 N–H and O–H groups in total. The van der Waals surface area contributed by atoms with Gasteiger partial charge in [-0.1, -0.05) is 12.1 Å². The molecule has 1 saturated heterocycles. The number of ether oxygens (including phenoxy) is 2. The summed E-state index contributed by atoms with van der Waals surface area (Å²) >= 11 is 0. The van der Waals surface area contributed by atoms with E-state index in [1.165, 1.54) is 6.07 Å². The molecule has 33 heavy (non-hydrogen) atoms. The maximum absolute atomic E-state index is 12.2. The molecule has 3 rings (SSSR count). The van der Waals surface area contributed by atoms with Crippen molar-refractivity contribution < 1.29 is 22.7 Å². The summed E-state index contributed by atoms with van der Waals surface area (Å²) < 4.78 is 34.8. The molecule has 1 aliphatic rings. The van der Waals surface area contributed by atoms with Crippen LogP contribution in [0.5, 0.6) is 5.75 Å². The van der Waals surface area contributed by atoms with Gasteiger partial charge in [0.25, 0.3) is 0 Å². The molecule has 180 valence electrons. The van der Waals surface area contributed by atoms with E-state index in [-0.39, 0.29) is 17.2 Å². The summed E-state index contributed by atoms with van der Waals surface area (Å²) in [6.45, 7) is 9.20. The van der Waals surface area contributed by atoms with Crippen molar-refractivity contribution in [1.82, 2.24) is 9.88 Å². The molecule has 8 nitrogen and oxygen atoms in total. The van der Waals surface area contributed by atoms with E-state index in [2.05, 4.69) is 10.3 Å². The van der Waals surface area contributed by atoms with Gasteiger partial charge in [-0.25, -0.2) is 18.2 Å². The standard InChI is InChI=1S/C24H33N3O5S/c1-17-21(10-11-22(26-17)33(5,29)30)25-16-18-6-8-19(9-7-18)31-20-12-14-27(15-13-20)23(28)32-24(2,3)4/h6-11,20,25H,12-16H2,1-5H3. The molecule has 0 unspecified atom stereocenters. The van der Waals surface area contributed by atoms with Crippen molar-refractivity contribution in [3.63, 3.8) is 0 Å². The van der Waals surface area contributed by atoms with Crippen molar-refractivity contribution in [1.29, 1.82) is 0 Å². The molecule has 1 amide bonds. The summed E-state index contributed by atoms with van der Waals surface area (Å²) in [6, 6.07) is 11.1. The minimum atomic E-state index is -3.32. The lowest BCUT2D eigenvalue weighted by Gasteiger charge is -2.33. The molecule has 2 heterocycles. The lowest BCUT2D eigenvalue weighted by molar-refractivity contribution is 0.0126. The number of carbonyl (C=O) groups is 1. The number of piperidine rings is 1. The summed E-state index contributed by atoms with van der Waals surface area (Å²) in [5.74, 6) is 0.796. The molecule has 1 aliphatic heterocycles. The summed E-state index contributed by atoms with van der Waals surface area (Å²) in [6.07, 6.45) is 2.47. The van der Waals surface area contributed by atoms with E-state index in [4.69, 9.17) is 9.47 Å². The average Bonchev–Trinajstić information content (AvgIpc) is 2.72. The lowest BCUT2D eigenvalue weighted by Crippen LogP contribution is -2.44. The first-order chi connectivity index (χ1) is 15.4. The van der Waals surface area contributed by atoms with Crippen molar-refractivity contribution in [3.05, 3.63) is 47.7 Å². The van der Waals surface area contributed by atoms with Gasteiger partial charge in [-0.3, -0.25) is 0 Å². The number of nitrogens with one attached hydrogen (secondary N) is 1. The van der Waals surface area contributed by atoms with Crippen molar-refractivity contribution in [2.45, 2.75) is 63.8 Å². The quantitative estimate of drug-likeness (QED) is 0.669. The van der Waals surface area contributed by atoms with E-state index < -0.39 is 15.4 Å². The Bertz CT molecular complexity index is 1070. The highest BCUT2D eigenvalue weighted by Crippen LogP contribution is 2.22. The number of hydrogen-bond acceptors (Lipinski definition) is 7. The van der Waals surface area contributed by atoms with Crippen molar-refractivity contribution in [3.8, 4) is 5.75 Å². The van der Waals surface area contributed by atoms with Crippen LogP contribution in [0.2, 0.25) is 0 Å². The Balaban J connectivity index is 1.48. The van der Waals surface area contributed by atoms with Gasteiger partial charge in [0.2, 0.25) is 0 Å². The Morgan fingerprint density at radius 3 is 2.30 bits per heavy atom. The van der Waals surface area contributed by atoms with Gasteiger partial charge in [0.1, 0.15) is 17.5 Å². The minimum Gasteiger partial charge on any atom is -0.490 e. The number of sulfone groups is 1. The number of likely N-dealkylation sites (tertiary alicyclic amines) is 1. The fraction of sp³-hybridized carbons (Fsp3) is 0.500. The van der Waals surface area contributed by atoms with Crippen LogP contribution in [0, 0.1) is 6.92 Å². The first-order valence-electron chi connectivity index (χ1n) is 11.1. The third kappa shape index (κ3) is 7.35. The molecular weight excluding hydrogens is 442 g/mol. The lowest BCUT2D eigenvalue weighted by atomic mass is 10.1. The summed E-state index contributed by atoms with van der Waals surface area (Å²) in [5, 5.41) is 3.37. The van der Waals surface area contributed by atoms with Gasteiger partial charge in [0.15, 0.2) is 14.9 Å². The van der Waals surface area contributed by atoms with Gasteiger partial charge in [-0.05, 0) is 57.5 Å². The van der Waals surface area contributed by atoms with Crippen LogP contribution in [-0.4, -0.2) is 55.4 Å². The van der Waals surface area contributed by atoms with Gasteiger partial charge in [-0.15, -0.1) is 0 Å². The van der Waals surface area contributed by atoms with Crippen LogP contribution in [0.25, 0.3) is 0 Å². The van der Waals surface area contributed by atoms with Crippen molar-refractivity contribution in [2.75, 3.05) is 24.7 Å². The number of nitrogens with zero attached hydrogens (tertiary/aromatic N) is 2. The Morgan fingerprint density at radius 2 is 1.76 bits per heavy atom. The molecule has 2 aromatic rings. The summed E-state index contributed by atoms with van der Waals surface area (Å²) in [4.78, 5) is 18.1. The number of carbonyl (C=O) groups excluding carboxylic acids is 1. The second kappa shape index (κ2) is 9.99. The molecule has 1 fully saturated rings. The number of anilines is 1. The van der Waals surface area contributed by atoms with Crippen molar-refractivity contribution >= 4 is 21.6 Å². The number of benzene rings is 1. The fourth-order valence-electron chi connectivity index (χ4n) is 3.49. The SMILES string of the molecule is Cc1nc(S(C)(=O)=O)ccc1NCc1ccc(OC2CCN(C(=O)OC(C)(C)C)CC2)cc1. The number of pyridine rings is 1. The van der Waals surface area contributed by atoms with E-state index in [1.807, 2.05) is 45.0 Å². The van der Waals surface area contributed by atoms with Crippen LogP contribution in [0.1, 0.15) is 44.9 Å². The molecular formula is C24H33N3O5S. The summed E-state index contributed by atoms with van der Waals surface area (Å²) in [7, 11) is -3.32. The zero-order chi connectivity index (χ0) is 24.2. The first-order valence-corrected chi connectivity index (χ1v) is 12.9. The predicted molar refractivity (Wildman–Crippen MR) is 127 cm³/mol. The largest absolute Gasteiger partial charge is 0.490 e. The molecule has 0 saturated carbocycles. The molecule has 0 radical (unpaired) electrons. The number of aromatic nitrogens is 1. The Morgan fingerprint density at radius 1 is 1.12 bits per heavy atom. The number of amides is 1. The second-order valence-electron chi connectivity index (χ2n) is 9.34. The maximum atomic E-state index is 12.2. The van der Waals surface area contributed by atoms with E-state index >= 15 is 0 Å². The molecule has 1 aromatic carbocycles. The van der Waals surface area contributed by atoms with Crippen molar-refractivity contribution in [2.24, 2.45) is 0 Å². The normalized spacial score (nSPS) is 15.2. The van der Waals surface area contributed by atoms with Crippen LogP contribution >= 0.6 is 0 Å². The minimum absolute atomic E-state index is 0.0646. The smallest absolute Gasteiger partial charge is 0.410 e. The summed E-state index contributed by atoms with van der Waals surface area (Å²) in [5.41, 5.74) is 2.00. The highest BCUT2D eigenvalue weighted by atomic mass is 32.2.